The van der Waals surface area contributed by atoms with Gasteiger partial charge in [0.15, 0.2) is 0 Å². The summed E-state index contributed by atoms with van der Waals surface area (Å²) in [4.78, 5) is 17.9. The second-order valence-corrected chi connectivity index (χ2v) is 5.07. The molecule has 0 aromatic carbocycles. The lowest BCUT2D eigenvalue weighted by molar-refractivity contribution is 0.0954. The highest BCUT2D eigenvalue weighted by molar-refractivity contribution is 7.14. The van der Waals surface area contributed by atoms with Crippen molar-refractivity contribution in [3.8, 4) is 0 Å². The number of nitrogens with zero attached hydrogens (tertiary/aromatic N) is 2. The summed E-state index contributed by atoms with van der Waals surface area (Å²) in [5, 5.41) is 4.09. The van der Waals surface area contributed by atoms with Gasteiger partial charge in [-0.1, -0.05) is 0 Å². The van der Waals surface area contributed by atoms with Crippen LogP contribution in [0.1, 0.15) is 27.0 Å². The first-order valence-electron chi connectivity index (χ1n) is 5.48. The molecule has 18 heavy (non-hydrogen) atoms. The van der Waals surface area contributed by atoms with Gasteiger partial charge in [-0.15, -0.1) is 11.3 Å². The van der Waals surface area contributed by atoms with Crippen molar-refractivity contribution in [2.45, 2.75) is 13.8 Å². The molecular formula is C13H13N3OS. The number of aromatic nitrogens is 1. The number of hydrogen-bond acceptors (Lipinski definition) is 4. The Balaban J connectivity index is 2.05. The molecule has 0 aliphatic carbocycles. The number of aryl methyl sites for hydroxylation is 1. The Labute approximate surface area is 109 Å². The van der Waals surface area contributed by atoms with Crippen molar-refractivity contribution in [2.75, 3.05) is 0 Å². The van der Waals surface area contributed by atoms with E-state index < -0.39 is 0 Å². The predicted octanol–water partition coefficient (Wildman–Crippen LogP) is 2.61. The van der Waals surface area contributed by atoms with Crippen LogP contribution in [0.15, 0.2) is 41.8 Å². The van der Waals surface area contributed by atoms with E-state index in [1.807, 2.05) is 26.0 Å². The van der Waals surface area contributed by atoms with Gasteiger partial charge >= 0.3 is 0 Å². The second-order valence-electron chi connectivity index (χ2n) is 3.78. The minimum atomic E-state index is -0.231. The molecular weight excluding hydrogens is 246 g/mol. The molecule has 5 heteroatoms. The zero-order valence-corrected chi connectivity index (χ0v) is 11.0. The van der Waals surface area contributed by atoms with E-state index >= 15 is 0 Å². The smallest absolute Gasteiger partial charge is 0.267 e. The predicted molar refractivity (Wildman–Crippen MR) is 73.0 cm³/mol. The van der Waals surface area contributed by atoms with Gasteiger partial charge in [0.05, 0.1) is 10.6 Å². The lowest BCUT2D eigenvalue weighted by Crippen LogP contribution is -2.19. The first-order chi connectivity index (χ1) is 8.66. The maximum Gasteiger partial charge on any atom is 0.271 e. The molecule has 2 aromatic heterocycles. The van der Waals surface area contributed by atoms with Gasteiger partial charge < -0.3 is 0 Å². The summed E-state index contributed by atoms with van der Waals surface area (Å²) in [6, 6.07) is 7.33. The highest BCUT2D eigenvalue weighted by Crippen LogP contribution is 2.15. The van der Waals surface area contributed by atoms with Gasteiger partial charge in [0, 0.05) is 22.8 Å². The van der Waals surface area contributed by atoms with Crippen LogP contribution in [0.4, 0.5) is 0 Å². The van der Waals surface area contributed by atoms with Crippen molar-refractivity contribution in [1.82, 2.24) is 10.4 Å². The zero-order valence-electron chi connectivity index (χ0n) is 10.2. The molecule has 0 atom stereocenters. The first kappa shape index (κ1) is 12.4. The van der Waals surface area contributed by atoms with Gasteiger partial charge in [0.1, 0.15) is 0 Å². The molecule has 0 saturated carbocycles. The van der Waals surface area contributed by atoms with Crippen molar-refractivity contribution in [3.05, 3.63) is 52.0 Å². The van der Waals surface area contributed by atoms with Gasteiger partial charge in [-0.3, -0.25) is 9.78 Å². The van der Waals surface area contributed by atoms with Crippen molar-refractivity contribution in [2.24, 2.45) is 5.10 Å². The Morgan fingerprint density at radius 1 is 1.28 bits per heavy atom. The molecule has 0 aliphatic heterocycles. The zero-order chi connectivity index (χ0) is 13.0. The summed E-state index contributed by atoms with van der Waals surface area (Å²) < 4.78 is 0. The standard InChI is InChI=1S/C13H13N3OS/c1-9-3-4-12(18-9)10(2)15-16-13(17)11-5-7-14-8-6-11/h3-8H,1-2H3,(H,16,17)/b15-10+. The van der Waals surface area contributed by atoms with Crippen molar-refractivity contribution in [3.63, 3.8) is 0 Å². The van der Waals surface area contributed by atoms with E-state index in [2.05, 4.69) is 15.5 Å². The number of thiophene rings is 1. The normalized spacial score (nSPS) is 11.3. The van der Waals surface area contributed by atoms with Gasteiger partial charge in [-0.25, -0.2) is 5.43 Å². The third-order valence-corrected chi connectivity index (χ3v) is 3.47. The molecule has 0 bridgehead atoms. The van der Waals surface area contributed by atoms with Gasteiger partial charge in [-0.2, -0.15) is 5.10 Å². The molecule has 92 valence electrons. The number of amides is 1. The first-order valence-corrected chi connectivity index (χ1v) is 6.30. The number of carbonyl (C=O) groups is 1. The van der Waals surface area contributed by atoms with E-state index in [0.29, 0.717) is 5.56 Å². The van der Waals surface area contributed by atoms with E-state index in [4.69, 9.17) is 0 Å². The molecule has 0 fully saturated rings. The maximum absolute atomic E-state index is 11.7. The van der Waals surface area contributed by atoms with Crippen LogP contribution >= 0.6 is 11.3 Å². The molecule has 0 saturated heterocycles. The minimum absolute atomic E-state index is 0.231. The van der Waals surface area contributed by atoms with Crippen LogP contribution in [-0.2, 0) is 0 Å². The van der Waals surface area contributed by atoms with Crippen LogP contribution in [0.25, 0.3) is 0 Å². The van der Waals surface area contributed by atoms with Crippen LogP contribution < -0.4 is 5.43 Å². The van der Waals surface area contributed by atoms with E-state index in [9.17, 15) is 4.79 Å². The molecule has 2 rings (SSSR count). The van der Waals surface area contributed by atoms with E-state index in [1.165, 1.54) is 4.88 Å². The number of hydrogen-bond donors (Lipinski definition) is 1. The SMILES string of the molecule is C/C(=N\NC(=O)c1ccncc1)c1ccc(C)s1. The van der Waals surface area contributed by atoms with Crippen molar-refractivity contribution in [1.29, 1.82) is 0 Å². The molecule has 2 aromatic rings. The van der Waals surface area contributed by atoms with E-state index in [-0.39, 0.29) is 5.91 Å². The fourth-order valence-electron chi connectivity index (χ4n) is 1.39. The Morgan fingerprint density at radius 3 is 2.61 bits per heavy atom. The molecule has 1 amide bonds. The van der Waals surface area contributed by atoms with Crippen LogP contribution in [-0.4, -0.2) is 16.6 Å². The van der Waals surface area contributed by atoms with Crippen molar-refractivity contribution < 1.29 is 4.79 Å². The fourth-order valence-corrected chi connectivity index (χ4v) is 2.20. The fraction of sp³-hybridized carbons (Fsp3) is 0.154. The summed E-state index contributed by atoms with van der Waals surface area (Å²) in [6.45, 7) is 3.91. The lowest BCUT2D eigenvalue weighted by atomic mass is 10.3. The molecule has 0 aliphatic rings. The monoisotopic (exact) mass is 259 g/mol. The molecule has 0 radical (unpaired) electrons. The molecule has 2 heterocycles. The Kier molecular flexibility index (Phi) is 3.84. The molecule has 0 unspecified atom stereocenters. The van der Waals surface area contributed by atoms with Crippen molar-refractivity contribution >= 4 is 23.0 Å². The summed E-state index contributed by atoms with van der Waals surface area (Å²) in [5.74, 6) is -0.231. The average molecular weight is 259 g/mol. The van der Waals surface area contributed by atoms with Crippen LogP contribution in [0, 0.1) is 6.92 Å². The topological polar surface area (TPSA) is 54.4 Å². The van der Waals surface area contributed by atoms with Gasteiger partial charge in [0.2, 0.25) is 0 Å². The summed E-state index contributed by atoms with van der Waals surface area (Å²) >= 11 is 1.65. The summed E-state index contributed by atoms with van der Waals surface area (Å²) in [5.41, 5.74) is 3.88. The van der Waals surface area contributed by atoms with E-state index in [0.717, 1.165) is 10.6 Å². The van der Waals surface area contributed by atoms with Crippen LogP contribution in [0.3, 0.4) is 0 Å². The van der Waals surface area contributed by atoms with Gasteiger partial charge in [0.25, 0.3) is 5.91 Å². The maximum atomic E-state index is 11.7. The highest BCUT2D eigenvalue weighted by atomic mass is 32.1. The molecule has 1 N–H and O–H groups in total. The number of carbonyl (C=O) groups excluding carboxylic acids is 1. The summed E-state index contributed by atoms with van der Waals surface area (Å²) in [6.07, 6.45) is 3.15. The average Bonchev–Trinajstić information content (AvgIpc) is 2.83. The number of nitrogens with one attached hydrogen (secondary N) is 1. The lowest BCUT2D eigenvalue weighted by Gasteiger charge is -2.00. The van der Waals surface area contributed by atoms with Crippen LogP contribution in [0.5, 0.6) is 0 Å². The minimum Gasteiger partial charge on any atom is -0.267 e. The van der Waals surface area contributed by atoms with Crippen LogP contribution in [0.2, 0.25) is 0 Å². The highest BCUT2D eigenvalue weighted by Gasteiger charge is 2.04. The molecule has 0 spiro atoms. The number of pyridine rings is 1. The third kappa shape index (κ3) is 3.01. The Bertz CT molecular complexity index is 575. The number of hydrazone groups is 1. The largest absolute Gasteiger partial charge is 0.271 e. The summed E-state index contributed by atoms with van der Waals surface area (Å²) in [7, 11) is 0. The molecule has 4 nitrogen and oxygen atoms in total. The Morgan fingerprint density at radius 2 is 2.00 bits per heavy atom. The Hall–Kier alpha value is -2.01. The van der Waals surface area contributed by atoms with Gasteiger partial charge in [-0.05, 0) is 38.1 Å². The second kappa shape index (κ2) is 5.55. The quantitative estimate of drug-likeness (QED) is 0.680. The third-order valence-electron chi connectivity index (χ3n) is 2.36. The number of rotatable bonds is 3. The van der Waals surface area contributed by atoms with E-state index in [1.54, 1.807) is 35.9 Å².